The fourth-order valence-electron chi connectivity index (χ4n) is 3.21. The zero-order chi connectivity index (χ0) is 13.8. The zero-order valence-electron chi connectivity index (χ0n) is 12.8. The maximum atomic E-state index is 3.48. The third kappa shape index (κ3) is 3.58. The maximum Gasteiger partial charge on any atom is 0.0447 e. The monoisotopic (exact) mass is 260 g/mol. The topological polar surface area (TPSA) is 15.3 Å². The molecule has 1 aliphatic heterocycles. The molecule has 19 heavy (non-hydrogen) atoms. The van der Waals surface area contributed by atoms with Crippen molar-refractivity contribution in [2.45, 2.75) is 58.2 Å². The smallest absolute Gasteiger partial charge is 0.0447 e. The summed E-state index contributed by atoms with van der Waals surface area (Å²) in [6.07, 6.45) is 4.07. The third-order valence-corrected chi connectivity index (χ3v) is 4.60. The number of hydrogen-bond donors (Lipinski definition) is 1. The van der Waals surface area contributed by atoms with Crippen LogP contribution in [0.15, 0.2) is 24.3 Å². The van der Waals surface area contributed by atoms with Gasteiger partial charge in [-0.1, -0.05) is 36.2 Å². The number of piperidine rings is 1. The molecule has 0 bridgehead atoms. The van der Waals surface area contributed by atoms with Gasteiger partial charge in [-0.05, 0) is 46.2 Å². The fraction of sp³-hybridized carbons (Fsp3) is 0.647. The number of hydrogen-bond acceptors (Lipinski definition) is 2. The highest BCUT2D eigenvalue weighted by Crippen LogP contribution is 2.25. The quantitative estimate of drug-likeness (QED) is 0.891. The largest absolute Gasteiger partial charge is 0.312 e. The first kappa shape index (κ1) is 14.5. The Morgan fingerprint density at radius 2 is 1.74 bits per heavy atom. The molecule has 2 heteroatoms. The van der Waals surface area contributed by atoms with Gasteiger partial charge < -0.3 is 5.32 Å². The lowest BCUT2D eigenvalue weighted by molar-refractivity contribution is 0.0920. The highest BCUT2D eigenvalue weighted by molar-refractivity contribution is 5.24. The van der Waals surface area contributed by atoms with Crippen molar-refractivity contribution < 1.29 is 0 Å². The Balaban J connectivity index is 2.07. The molecule has 0 spiro atoms. The minimum atomic E-state index is 0.434. The Bertz CT molecular complexity index is 375. The van der Waals surface area contributed by atoms with Gasteiger partial charge in [-0.3, -0.25) is 4.90 Å². The molecule has 1 N–H and O–H groups in total. The molecule has 2 nitrogen and oxygen atoms in total. The van der Waals surface area contributed by atoms with E-state index in [9.17, 15) is 0 Å². The Kier molecular flexibility index (Phi) is 5.00. The SMILES string of the molecule is CNC(CN1[C@H](C)CCC[C@@H]1C)c1ccc(C)cc1. The Morgan fingerprint density at radius 1 is 1.16 bits per heavy atom. The van der Waals surface area contributed by atoms with E-state index < -0.39 is 0 Å². The molecule has 0 radical (unpaired) electrons. The first-order chi connectivity index (χ1) is 9.11. The van der Waals surface area contributed by atoms with Gasteiger partial charge in [-0.25, -0.2) is 0 Å². The van der Waals surface area contributed by atoms with Crippen molar-refractivity contribution in [1.29, 1.82) is 0 Å². The summed E-state index contributed by atoms with van der Waals surface area (Å²) in [4.78, 5) is 2.67. The predicted molar refractivity (Wildman–Crippen MR) is 82.5 cm³/mol. The van der Waals surface area contributed by atoms with Crippen LogP contribution in [0.4, 0.5) is 0 Å². The van der Waals surface area contributed by atoms with Crippen LogP contribution in [0.5, 0.6) is 0 Å². The van der Waals surface area contributed by atoms with E-state index in [0.29, 0.717) is 18.1 Å². The number of likely N-dealkylation sites (tertiary alicyclic amines) is 1. The maximum absolute atomic E-state index is 3.48. The van der Waals surface area contributed by atoms with Crippen LogP contribution in [0, 0.1) is 6.92 Å². The molecular formula is C17H28N2. The van der Waals surface area contributed by atoms with Crippen molar-refractivity contribution >= 4 is 0 Å². The number of benzene rings is 1. The molecule has 2 rings (SSSR count). The summed E-state index contributed by atoms with van der Waals surface area (Å²) in [5.74, 6) is 0. The van der Waals surface area contributed by atoms with E-state index in [-0.39, 0.29) is 0 Å². The number of nitrogens with one attached hydrogen (secondary N) is 1. The van der Waals surface area contributed by atoms with Crippen LogP contribution in [-0.4, -0.2) is 30.6 Å². The summed E-state index contributed by atoms with van der Waals surface area (Å²) in [7, 11) is 2.07. The molecule has 1 aromatic carbocycles. The number of rotatable bonds is 4. The molecule has 0 aliphatic carbocycles. The minimum absolute atomic E-state index is 0.434. The van der Waals surface area contributed by atoms with E-state index in [2.05, 4.69) is 62.3 Å². The Morgan fingerprint density at radius 3 is 2.26 bits per heavy atom. The van der Waals surface area contributed by atoms with Gasteiger partial charge in [0.25, 0.3) is 0 Å². The molecule has 1 aromatic rings. The number of likely N-dealkylation sites (N-methyl/N-ethyl adjacent to an activating group) is 1. The summed E-state index contributed by atoms with van der Waals surface area (Å²) in [6.45, 7) is 8.00. The van der Waals surface area contributed by atoms with Gasteiger partial charge in [0.2, 0.25) is 0 Å². The molecular weight excluding hydrogens is 232 g/mol. The van der Waals surface area contributed by atoms with Crippen molar-refractivity contribution in [1.82, 2.24) is 10.2 Å². The van der Waals surface area contributed by atoms with E-state index in [1.54, 1.807) is 0 Å². The summed E-state index contributed by atoms with van der Waals surface area (Å²) in [5, 5.41) is 3.48. The summed E-state index contributed by atoms with van der Waals surface area (Å²) in [5.41, 5.74) is 2.73. The van der Waals surface area contributed by atoms with Gasteiger partial charge in [0, 0.05) is 24.7 Å². The van der Waals surface area contributed by atoms with Gasteiger partial charge in [0.1, 0.15) is 0 Å². The summed E-state index contributed by atoms with van der Waals surface area (Å²) >= 11 is 0. The molecule has 0 saturated carbocycles. The van der Waals surface area contributed by atoms with Crippen LogP contribution in [0.3, 0.4) is 0 Å². The van der Waals surface area contributed by atoms with E-state index in [1.165, 1.54) is 30.4 Å². The van der Waals surface area contributed by atoms with Crippen LogP contribution in [0.2, 0.25) is 0 Å². The van der Waals surface area contributed by atoms with Crippen LogP contribution >= 0.6 is 0 Å². The van der Waals surface area contributed by atoms with Crippen LogP contribution in [0.1, 0.15) is 50.3 Å². The predicted octanol–water partition coefficient (Wildman–Crippen LogP) is 3.52. The first-order valence-corrected chi connectivity index (χ1v) is 7.61. The number of nitrogens with zero attached hydrogens (tertiary/aromatic N) is 1. The van der Waals surface area contributed by atoms with Gasteiger partial charge in [0.05, 0.1) is 0 Å². The molecule has 1 fully saturated rings. The van der Waals surface area contributed by atoms with E-state index in [0.717, 1.165) is 6.54 Å². The average molecular weight is 260 g/mol. The van der Waals surface area contributed by atoms with E-state index in [4.69, 9.17) is 0 Å². The fourth-order valence-corrected chi connectivity index (χ4v) is 3.21. The molecule has 1 saturated heterocycles. The second-order valence-corrected chi connectivity index (χ2v) is 6.08. The molecule has 106 valence electrons. The molecule has 1 unspecified atom stereocenters. The van der Waals surface area contributed by atoms with Crippen molar-refractivity contribution in [2.75, 3.05) is 13.6 Å². The van der Waals surface area contributed by atoms with Crippen molar-refractivity contribution in [3.05, 3.63) is 35.4 Å². The van der Waals surface area contributed by atoms with Crippen LogP contribution < -0.4 is 5.32 Å². The highest BCUT2D eigenvalue weighted by atomic mass is 15.2. The Hall–Kier alpha value is -0.860. The molecule has 3 atom stereocenters. The van der Waals surface area contributed by atoms with Crippen LogP contribution in [0.25, 0.3) is 0 Å². The van der Waals surface area contributed by atoms with Gasteiger partial charge in [-0.15, -0.1) is 0 Å². The molecule has 0 aromatic heterocycles. The normalized spacial score (nSPS) is 26.3. The van der Waals surface area contributed by atoms with Gasteiger partial charge in [-0.2, -0.15) is 0 Å². The third-order valence-electron chi connectivity index (χ3n) is 4.60. The van der Waals surface area contributed by atoms with E-state index >= 15 is 0 Å². The Labute approximate surface area is 118 Å². The summed E-state index contributed by atoms with van der Waals surface area (Å²) in [6, 6.07) is 10.8. The number of aryl methyl sites for hydroxylation is 1. The molecule has 0 amide bonds. The second-order valence-electron chi connectivity index (χ2n) is 6.08. The minimum Gasteiger partial charge on any atom is -0.312 e. The van der Waals surface area contributed by atoms with Crippen molar-refractivity contribution in [3.63, 3.8) is 0 Å². The highest BCUT2D eigenvalue weighted by Gasteiger charge is 2.26. The summed E-state index contributed by atoms with van der Waals surface area (Å²) < 4.78 is 0. The van der Waals surface area contributed by atoms with Gasteiger partial charge in [0.15, 0.2) is 0 Å². The second kappa shape index (κ2) is 6.53. The van der Waals surface area contributed by atoms with E-state index in [1.807, 2.05) is 0 Å². The van der Waals surface area contributed by atoms with Gasteiger partial charge >= 0.3 is 0 Å². The lowest BCUT2D eigenvalue weighted by Gasteiger charge is -2.41. The van der Waals surface area contributed by atoms with Crippen LogP contribution in [-0.2, 0) is 0 Å². The standard InChI is InChI=1S/C17H28N2/c1-13-8-10-16(11-9-13)17(18-4)12-19-14(2)6-5-7-15(19)3/h8-11,14-15,17-18H,5-7,12H2,1-4H3/t14-,15+,17?. The molecule has 1 aliphatic rings. The first-order valence-electron chi connectivity index (χ1n) is 7.61. The average Bonchev–Trinajstić information content (AvgIpc) is 2.40. The van der Waals surface area contributed by atoms with Crippen molar-refractivity contribution in [3.8, 4) is 0 Å². The molecule has 1 heterocycles. The zero-order valence-corrected chi connectivity index (χ0v) is 12.8. The lowest BCUT2D eigenvalue weighted by Crippen LogP contribution is -2.47. The lowest BCUT2D eigenvalue weighted by atomic mass is 9.95. The van der Waals surface area contributed by atoms with Crippen molar-refractivity contribution in [2.24, 2.45) is 0 Å².